The summed E-state index contributed by atoms with van der Waals surface area (Å²) in [7, 11) is 0. The highest BCUT2D eigenvalue weighted by Gasteiger charge is 2.10. The molecule has 1 unspecified atom stereocenters. The molecule has 0 amide bonds. The predicted molar refractivity (Wildman–Crippen MR) is 88.2 cm³/mol. The fourth-order valence-corrected chi connectivity index (χ4v) is 2.34. The van der Waals surface area contributed by atoms with Crippen LogP contribution in [-0.4, -0.2) is 16.0 Å². The van der Waals surface area contributed by atoms with Gasteiger partial charge in [-0.15, -0.1) is 0 Å². The number of hydrogen-bond acceptors (Lipinski definition) is 5. The van der Waals surface area contributed by atoms with E-state index in [4.69, 9.17) is 11.5 Å². The van der Waals surface area contributed by atoms with E-state index in [0.29, 0.717) is 23.6 Å². The van der Waals surface area contributed by atoms with E-state index in [2.05, 4.69) is 42.1 Å². The Morgan fingerprint density at radius 1 is 1.10 bits per heavy atom. The van der Waals surface area contributed by atoms with Gasteiger partial charge in [0, 0.05) is 29.7 Å². The van der Waals surface area contributed by atoms with Crippen LogP contribution in [0.4, 0.5) is 17.3 Å². The third-order valence-electron chi connectivity index (χ3n) is 3.24. The second kappa shape index (κ2) is 6.43. The van der Waals surface area contributed by atoms with Crippen LogP contribution in [0.5, 0.6) is 0 Å². The fourth-order valence-electron chi connectivity index (χ4n) is 2.34. The summed E-state index contributed by atoms with van der Waals surface area (Å²) < 4.78 is 0. The number of rotatable bonds is 5. The summed E-state index contributed by atoms with van der Waals surface area (Å²) in [4.78, 5) is 8.44. The molecule has 0 aliphatic rings. The Hall–Kier alpha value is -2.30. The molecule has 2 aromatic heterocycles. The first-order valence-electron chi connectivity index (χ1n) is 7.18. The minimum atomic E-state index is 0.302. The van der Waals surface area contributed by atoms with Gasteiger partial charge in [0.1, 0.15) is 11.6 Å². The van der Waals surface area contributed by atoms with Crippen LogP contribution >= 0.6 is 0 Å². The molecule has 5 nitrogen and oxygen atoms in total. The van der Waals surface area contributed by atoms with Crippen molar-refractivity contribution in [3.05, 3.63) is 41.7 Å². The Bertz CT molecular complexity index is 609. The monoisotopic (exact) mass is 285 g/mol. The van der Waals surface area contributed by atoms with Crippen LogP contribution in [0.3, 0.4) is 0 Å². The molecule has 5 heteroatoms. The lowest BCUT2D eigenvalue weighted by atomic mass is 9.96. The molecule has 1 atom stereocenters. The summed E-state index contributed by atoms with van der Waals surface area (Å²) in [5.41, 5.74) is 14.8. The Balaban J connectivity index is 2.17. The SMILES string of the molecule is CC(C)Nc1cc(N)nc(CC(C)c2ccnc(N)c2)c1. The van der Waals surface area contributed by atoms with E-state index in [9.17, 15) is 0 Å². The highest BCUT2D eigenvalue weighted by Crippen LogP contribution is 2.23. The Morgan fingerprint density at radius 3 is 2.52 bits per heavy atom. The van der Waals surface area contributed by atoms with Crippen molar-refractivity contribution in [1.82, 2.24) is 9.97 Å². The van der Waals surface area contributed by atoms with Crippen molar-refractivity contribution in [2.24, 2.45) is 0 Å². The smallest absolute Gasteiger partial charge is 0.125 e. The average molecular weight is 285 g/mol. The van der Waals surface area contributed by atoms with Crippen LogP contribution in [-0.2, 0) is 6.42 Å². The molecule has 2 rings (SSSR count). The quantitative estimate of drug-likeness (QED) is 0.786. The van der Waals surface area contributed by atoms with Crippen LogP contribution in [0.15, 0.2) is 30.5 Å². The number of hydrogen-bond donors (Lipinski definition) is 3. The third-order valence-corrected chi connectivity index (χ3v) is 3.24. The highest BCUT2D eigenvalue weighted by molar-refractivity contribution is 5.52. The highest BCUT2D eigenvalue weighted by atomic mass is 14.9. The lowest BCUT2D eigenvalue weighted by Crippen LogP contribution is -2.11. The van der Waals surface area contributed by atoms with Crippen LogP contribution < -0.4 is 16.8 Å². The van der Waals surface area contributed by atoms with Gasteiger partial charge in [-0.25, -0.2) is 9.97 Å². The van der Waals surface area contributed by atoms with Gasteiger partial charge in [-0.3, -0.25) is 0 Å². The van der Waals surface area contributed by atoms with Crippen molar-refractivity contribution in [3.63, 3.8) is 0 Å². The van der Waals surface area contributed by atoms with E-state index < -0.39 is 0 Å². The van der Waals surface area contributed by atoms with E-state index >= 15 is 0 Å². The molecule has 0 bridgehead atoms. The zero-order valence-electron chi connectivity index (χ0n) is 12.8. The zero-order chi connectivity index (χ0) is 15.4. The predicted octanol–water partition coefficient (Wildman–Crippen LogP) is 2.81. The molecule has 0 radical (unpaired) electrons. The van der Waals surface area contributed by atoms with Crippen molar-refractivity contribution in [1.29, 1.82) is 0 Å². The molecule has 0 aliphatic heterocycles. The minimum absolute atomic E-state index is 0.302. The molecular weight excluding hydrogens is 262 g/mol. The van der Waals surface area contributed by atoms with Gasteiger partial charge < -0.3 is 16.8 Å². The number of nitrogen functional groups attached to an aromatic ring is 2. The van der Waals surface area contributed by atoms with E-state index in [1.54, 1.807) is 6.20 Å². The molecule has 5 N–H and O–H groups in total. The number of anilines is 3. The lowest BCUT2D eigenvalue weighted by Gasteiger charge is -2.15. The second-order valence-electron chi connectivity index (χ2n) is 5.69. The number of pyridine rings is 2. The molecule has 0 aromatic carbocycles. The van der Waals surface area contributed by atoms with E-state index in [-0.39, 0.29) is 0 Å². The van der Waals surface area contributed by atoms with Gasteiger partial charge in [0.05, 0.1) is 0 Å². The summed E-state index contributed by atoms with van der Waals surface area (Å²) in [6.45, 7) is 6.34. The largest absolute Gasteiger partial charge is 0.384 e. The van der Waals surface area contributed by atoms with Crippen molar-refractivity contribution >= 4 is 17.3 Å². The Morgan fingerprint density at radius 2 is 1.86 bits per heavy atom. The third kappa shape index (κ3) is 4.34. The number of aromatic nitrogens is 2. The second-order valence-corrected chi connectivity index (χ2v) is 5.69. The van der Waals surface area contributed by atoms with Crippen LogP contribution in [0.2, 0.25) is 0 Å². The van der Waals surface area contributed by atoms with Gasteiger partial charge >= 0.3 is 0 Å². The standard InChI is InChI=1S/C16H23N5/c1-10(2)20-14-8-13(21-16(18)9-14)6-11(3)12-4-5-19-15(17)7-12/h4-5,7-11H,6H2,1-3H3,(H2,17,19)(H3,18,20,21). The van der Waals surface area contributed by atoms with E-state index in [0.717, 1.165) is 23.4 Å². The molecule has 2 aromatic rings. The number of nitrogens with one attached hydrogen (secondary N) is 1. The molecular formula is C16H23N5. The molecule has 2 heterocycles. The summed E-state index contributed by atoms with van der Waals surface area (Å²) in [5.74, 6) is 1.38. The first kappa shape index (κ1) is 15.1. The normalized spacial score (nSPS) is 12.4. The van der Waals surface area contributed by atoms with E-state index in [1.807, 2.05) is 18.2 Å². The Labute approximate surface area is 125 Å². The van der Waals surface area contributed by atoms with Crippen LogP contribution in [0.25, 0.3) is 0 Å². The van der Waals surface area contributed by atoms with Crippen molar-refractivity contribution < 1.29 is 0 Å². The first-order valence-corrected chi connectivity index (χ1v) is 7.18. The van der Waals surface area contributed by atoms with Gasteiger partial charge in [0.15, 0.2) is 0 Å². The number of nitrogens with zero attached hydrogens (tertiary/aromatic N) is 2. The maximum Gasteiger partial charge on any atom is 0.125 e. The van der Waals surface area contributed by atoms with Crippen molar-refractivity contribution in [2.75, 3.05) is 16.8 Å². The maximum atomic E-state index is 5.89. The molecule has 0 saturated heterocycles. The zero-order valence-corrected chi connectivity index (χ0v) is 12.8. The Kier molecular flexibility index (Phi) is 4.62. The van der Waals surface area contributed by atoms with Crippen LogP contribution in [0.1, 0.15) is 37.9 Å². The summed E-state index contributed by atoms with van der Waals surface area (Å²) >= 11 is 0. The van der Waals surface area contributed by atoms with Crippen LogP contribution in [0, 0.1) is 0 Å². The van der Waals surface area contributed by atoms with Gasteiger partial charge in [-0.05, 0) is 49.9 Å². The molecule has 0 spiro atoms. The summed E-state index contributed by atoms with van der Waals surface area (Å²) in [6, 6.07) is 8.16. The molecule has 0 saturated carbocycles. The van der Waals surface area contributed by atoms with Gasteiger partial charge in [0.25, 0.3) is 0 Å². The lowest BCUT2D eigenvalue weighted by molar-refractivity contribution is 0.740. The minimum Gasteiger partial charge on any atom is -0.384 e. The molecule has 112 valence electrons. The molecule has 21 heavy (non-hydrogen) atoms. The maximum absolute atomic E-state index is 5.89. The molecule has 0 aliphatic carbocycles. The van der Waals surface area contributed by atoms with Crippen molar-refractivity contribution in [2.45, 2.75) is 39.2 Å². The van der Waals surface area contributed by atoms with Gasteiger partial charge in [0.2, 0.25) is 0 Å². The fraction of sp³-hybridized carbons (Fsp3) is 0.375. The van der Waals surface area contributed by atoms with E-state index in [1.165, 1.54) is 0 Å². The van der Waals surface area contributed by atoms with Crippen molar-refractivity contribution in [3.8, 4) is 0 Å². The summed E-state index contributed by atoms with van der Waals surface area (Å²) in [5, 5.41) is 3.36. The first-order chi connectivity index (χ1) is 9.94. The number of nitrogens with two attached hydrogens (primary N) is 2. The summed E-state index contributed by atoms with van der Waals surface area (Å²) in [6.07, 6.45) is 2.54. The molecule has 0 fully saturated rings. The topological polar surface area (TPSA) is 89.8 Å². The average Bonchev–Trinajstić information content (AvgIpc) is 2.37. The van der Waals surface area contributed by atoms with Gasteiger partial charge in [-0.1, -0.05) is 6.92 Å². The van der Waals surface area contributed by atoms with Gasteiger partial charge in [-0.2, -0.15) is 0 Å².